The van der Waals surface area contributed by atoms with E-state index in [0.717, 1.165) is 11.1 Å². The van der Waals surface area contributed by atoms with Gasteiger partial charge in [-0.1, -0.05) is 59.6 Å². The lowest BCUT2D eigenvalue weighted by Gasteiger charge is -2.25. The molecule has 1 amide bonds. The SMILES string of the molecule is N#CC1=C(SCc2ccccc2)NC(=O)CC1c1ccc(Cl)cc1Cl. The number of rotatable bonds is 4. The fourth-order valence-electron chi connectivity index (χ4n) is 2.71. The molecule has 1 aliphatic rings. The number of nitriles is 1. The molecule has 0 saturated carbocycles. The summed E-state index contributed by atoms with van der Waals surface area (Å²) < 4.78 is 0. The second kappa shape index (κ2) is 7.97. The van der Waals surface area contributed by atoms with E-state index < -0.39 is 0 Å². The topological polar surface area (TPSA) is 52.9 Å². The van der Waals surface area contributed by atoms with Crippen molar-refractivity contribution in [1.82, 2.24) is 5.32 Å². The van der Waals surface area contributed by atoms with Gasteiger partial charge in [0.05, 0.1) is 16.7 Å². The number of allylic oxidation sites excluding steroid dienone is 1. The van der Waals surface area contributed by atoms with Crippen LogP contribution < -0.4 is 5.32 Å². The van der Waals surface area contributed by atoms with E-state index in [2.05, 4.69) is 11.4 Å². The van der Waals surface area contributed by atoms with Crippen molar-refractivity contribution < 1.29 is 4.79 Å². The van der Waals surface area contributed by atoms with Crippen molar-refractivity contribution in [2.45, 2.75) is 18.1 Å². The number of amides is 1. The highest BCUT2D eigenvalue weighted by Gasteiger charge is 2.30. The number of nitrogens with one attached hydrogen (secondary N) is 1. The van der Waals surface area contributed by atoms with Gasteiger partial charge in [0.2, 0.25) is 5.91 Å². The standard InChI is InChI=1S/C19H14Cl2N2OS/c20-13-6-7-14(17(21)8-13)15-9-18(24)23-19(16(15)10-22)25-11-12-4-2-1-3-5-12/h1-8,15H,9,11H2,(H,23,24). The molecule has 25 heavy (non-hydrogen) atoms. The maximum absolute atomic E-state index is 12.2. The molecule has 0 saturated heterocycles. The Hall–Kier alpha value is -1.93. The Balaban J connectivity index is 1.92. The van der Waals surface area contributed by atoms with E-state index >= 15 is 0 Å². The fraction of sp³-hybridized carbons (Fsp3) is 0.158. The summed E-state index contributed by atoms with van der Waals surface area (Å²) in [5, 5.41) is 14.1. The summed E-state index contributed by atoms with van der Waals surface area (Å²) in [4.78, 5) is 12.2. The summed E-state index contributed by atoms with van der Waals surface area (Å²) in [6, 6.07) is 17.3. The first-order chi connectivity index (χ1) is 12.1. The summed E-state index contributed by atoms with van der Waals surface area (Å²) in [6.07, 6.45) is 0.194. The number of carbonyl (C=O) groups is 1. The third-order valence-corrected chi connectivity index (χ3v) is 5.57. The second-order valence-electron chi connectivity index (χ2n) is 5.60. The number of carbonyl (C=O) groups excluding carboxylic acids is 1. The highest BCUT2D eigenvalue weighted by molar-refractivity contribution is 8.02. The van der Waals surface area contributed by atoms with Gasteiger partial charge in [0.1, 0.15) is 0 Å². The van der Waals surface area contributed by atoms with Crippen LogP contribution in [-0.4, -0.2) is 5.91 Å². The fourth-order valence-corrected chi connectivity index (χ4v) is 4.29. The molecule has 0 fully saturated rings. The summed E-state index contributed by atoms with van der Waals surface area (Å²) in [5.74, 6) is 0.190. The molecular formula is C19H14Cl2N2OS. The van der Waals surface area contributed by atoms with Crippen LogP contribution >= 0.6 is 35.0 Å². The van der Waals surface area contributed by atoms with Crippen molar-refractivity contribution in [3.8, 4) is 6.07 Å². The van der Waals surface area contributed by atoms with Gasteiger partial charge in [-0.2, -0.15) is 5.26 Å². The third-order valence-electron chi connectivity index (χ3n) is 3.92. The van der Waals surface area contributed by atoms with Crippen molar-refractivity contribution >= 4 is 40.9 Å². The maximum Gasteiger partial charge on any atom is 0.225 e. The number of nitrogens with zero attached hydrogens (tertiary/aromatic N) is 1. The van der Waals surface area contributed by atoms with E-state index in [1.54, 1.807) is 18.2 Å². The van der Waals surface area contributed by atoms with Gasteiger partial charge in [0.15, 0.2) is 0 Å². The Kier molecular flexibility index (Phi) is 5.70. The summed E-state index contributed by atoms with van der Waals surface area (Å²) >= 11 is 13.7. The Morgan fingerprint density at radius 3 is 2.64 bits per heavy atom. The van der Waals surface area contributed by atoms with Crippen LogP contribution in [0.5, 0.6) is 0 Å². The van der Waals surface area contributed by atoms with Gasteiger partial charge >= 0.3 is 0 Å². The van der Waals surface area contributed by atoms with E-state index in [9.17, 15) is 10.1 Å². The zero-order chi connectivity index (χ0) is 17.8. The summed E-state index contributed by atoms with van der Waals surface area (Å²) in [6.45, 7) is 0. The lowest BCUT2D eigenvalue weighted by molar-refractivity contribution is -0.120. The summed E-state index contributed by atoms with van der Waals surface area (Å²) in [5.41, 5.74) is 2.40. The van der Waals surface area contributed by atoms with Crippen molar-refractivity contribution in [2.24, 2.45) is 0 Å². The maximum atomic E-state index is 12.2. The number of thioether (sulfide) groups is 1. The highest BCUT2D eigenvalue weighted by Crippen LogP contribution is 2.40. The van der Waals surface area contributed by atoms with Crippen molar-refractivity contribution in [2.75, 3.05) is 0 Å². The third kappa shape index (κ3) is 4.19. The van der Waals surface area contributed by atoms with E-state index in [-0.39, 0.29) is 18.2 Å². The first-order valence-electron chi connectivity index (χ1n) is 7.64. The van der Waals surface area contributed by atoms with Gasteiger partial charge in [-0.25, -0.2) is 0 Å². The van der Waals surface area contributed by atoms with Crippen LogP contribution in [0.2, 0.25) is 10.0 Å². The number of halogens is 2. The van der Waals surface area contributed by atoms with Crippen molar-refractivity contribution in [1.29, 1.82) is 5.26 Å². The average molecular weight is 389 g/mol. The van der Waals surface area contributed by atoms with Crippen molar-refractivity contribution in [3.05, 3.63) is 80.3 Å². The number of hydrogen-bond acceptors (Lipinski definition) is 3. The molecule has 0 spiro atoms. The van der Waals surface area contributed by atoms with Crippen LogP contribution in [0, 0.1) is 11.3 Å². The lowest BCUT2D eigenvalue weighted by atomic mass is 9.87. The minimum Gasteiger partial charge on any atom is -0.320 e. The smallest absolute Gasteiger partial charge is 0.225 e. The summed E-state index contributed by atoms with van der Waals surface area (Å²) in [7, 11) is 0. The molecule has 0 radical (unpaired) electrons. The average Bonchev–Trinajstić information content (AvgIpc) is 2.60. The van der Waals surface area contributed by atoms with Crippen LogP contribution in [0.15, 0.2) is 59.1 Å². The minimum atomic E-state index is -0.359. The molecule has 0 aliphatic carbocycles. The Bertz CT molecular complexity index is 875. The largest absolute Gasteiger partial charge is 0.320 e. The molecule has 0 aromatic heterocycles. The molecule has 126 valence electrons. The van der Waals surface area contributed by atoms with E-state index in [1.807, 2.05) is 30.3 Å². The van der Waals surface area contributed by atoms with Crippen LogP contribution in [0.4, 0.5) is 0 Å². The zero-order valence-electron chi connectivity index (χ0n) is 13.1. The van der Waals surface area contributed by atoms with E-state index in [0.29, 0.717) is 26.4 Å². The zero-order valence-corrected chi connectivity index (χ0v) is 15.5. The van der Waals surface area contributed by atoms with Crippen LogP contribution in [0.3, 0.4) is 0 Å². The normalized spacial score (nSPS) is 17.2. The van der Waals surface area contributed by atoms with Crippen LogP contribution in [0.1, 0.15) is 23.5 Å². The van der Waals surface area contributed by atoms with E-state index in [4.69, 9.17) is 23.2 Å². The molecular weight excluding hydrogens is 375 g/mol. The minimum absolute atomic E-state index is 0.120. The van der Waals surface area contributed by atoms with Gasteiger partial charge in [-0.3, -0.25) is 4.79 Å². The van der Waals surface area contributed by atoms with Gasteiger partial charge < -0.3 is 5.32 Å². The van der Waals surface area contributed by atoms with Gasteiger partial charge in [-0.05, 0) is 23.3 Å². The molecule has 1 unspecified atom stereocenters. The monoisotopic (exact) mass is 388 g/mol. The highest BCUT2D eigenvalue weighted by atomic mass is 35.5. The van der Waals surface area contributed by atoms with Gasteiger partial charge in [-0.15, -0.1) is 11.8 Å². The van der Waals surface area contributed by atoms with Crippen LogP contribution in [-0.2, 0) is 10.5 Å². The number of hydrogen-bond donors (Lipinski definition) is 1. The molecule has 3 rings (SSSR count). The molecule has 1 heterocycles. The Labute approximate surface area is 160 Å². The molecule has 0 bridgehead atoms. The second-order valence-corrected chi connectivity index (χ2v) is 7.43. The van der Waals surface area contributed by atoms with Gasteiger partial charge in [0.25, 0.3) is 0 Å². The molecule has 1 aliphatic heterocycles. The van der Waals surface area contributed by atoms with Gasteiger partial charge in [0, 0.05) is 28.1 Å². The Morgan fingerprint density at radius 1 is 1.20 bits per heavy atom. The predicted molar refractivity (Wildman–Crippen MR) is 102 cm³/mol. The van der Waals surface area contributed by atoms with E-state index in [1.165, 1.54) is 11.8 Å². The van der Waals surface area contributed by atoms with Crippen LogP contribution in [0.25, 0.3) is 0 Å². The quantitative estimate of drug-likeness (QED) is 0.776. The van der Waals surface area contributed by atoms with Crippen molar-refractivity contribution in [3.63, 3.8) is 0 Å². The molecule has 1 atom stereocenters. The molecule has 6 heteroatoms. The Morgan fingerprint density at radius 2 is 1.96 bits per heavy atom. The first kappa shape index (κ1) is 17.9. The molecule has 3 nitrogen and oxygen atoms in total. The first-order valence-corrected chi connectivity index (χ1v) is 9.38. The molecule has 1 N–H and O–H groups in total. The predicted octanol–water partition coefficient (Wildman–Crippen LogP) is 5.27. The molecule has 2 aromatic rings. The number of benzene rings is 2. The lowest BCUT2D eigenvalue weighted by Crippen LogP contribution is -2.31. The molecule has 2 aromatic carbocycles.